The lowest BCUT2D eigenvalue weighted by Gasteiger charge is -2.63. The van der Waals surface area contributed by atoms with Crippen LogP contribution < -0.4 is 5.63 Å². The zero-order chi connectivity index (χ0) is 27.9. The number of hydrogen-bond acceptors (Lipinski definition) is 9. The van der Waals surface area contributed by atoms with E-state index in [1.807, 2.05) is 6.92 Å². The van der Waals surface area contributed by atoms with Gasteiger partial charge in [-0.15, -0.1) is 0 Å². The summed E-state index contributed by atoms with van der Waals surface area (Å²) in [5.74, 6) is 0.0366. The van der Waals surface area contributed by atoms with Crippen LogP contribution in [-0.2, 0) is 9.47 Å². The molecule has 5 N–H and O–H groups in total. The van der Waals surface area contributed by atoms with E-state index in [0.29, 0.717) is 19.3 Å². The fourth-order valence-corrected chi connectivity index (χ4v) is 9.16. The molecule has 9 nitrogen and oxygen atoms in total. The maximum Gasteiger partial charge on any atom is 0.335 e. The van der Waals surface area contributed by atoms with Gasteiger partial charge in [0.15, 0.2) is 6.29 Å². The molecule has 216 valence electrons. The zero-order valence-corrected chi connectivity index (χ0v) is 22.9. The van der Waals surface area contributed by atoms with Gasteiger partial charge < -0.3 is 39.4 Å². The van der Waals surface area contributed by atoms with Crippen LogP contribution in [0.25, 0.3) is 0 Å². The Morgan fingerprint density at radius 2 is 1.74 bits per heavy atom. The SMILES string of the molecule is C[C@@H]1O[C@H](O[C@@H]2C=C3CC[C@@H]4[C@@H](C[C@H](O)[C@]5(C)[C@@H](c6ccc(=O)oc6)CC[C@]45O)[C@@]3(C)CC2)[C@@H](O)[C@H](O)[C@H]1O. The minimum Gasteiger partial charge on any atom is -0.431 e. The number of hydrogen-bond donors (Lipinski definition) is 5. The Bertz CT molecular complexity index is 1160. The topological polar surface area (TPSA) is 150 Å². The molecule has 4 aliphatic carbocycles. The van der Waals surface area contributed by atoms with Gasteiger partial charge in [0.2, 0.25) is 0 Å². The predicted molar refractivity (Wildman–Crippen MR) is 140 cm³/mol. The molecule has 0 aromatic carbocycles. The third kappa shape index (κ3) is 3.95. The van der Waals surface area contributed by atoms with Crippen molar-refractivity contribution in [1.29, 1.82) is 0 Å². The molecule has 0 bridgehead atoms. The minimum atomic E-state index is -1.34. The van der Waals surface area contributed by atoms with E-state index in [9.17, 15) is 30.3 Å². The van der Waals surface area contributed by atoms with E-state index in [-0.39, 0.29) is 29.3 Å². The molecule has 39 heavy (non-hydrogen) atoms. The predicted octanol–water partition coefficient (Wildman–Crippen LogP) is 1.98. The third-order valence-electron chi connectivity index (χ3n) is 11.6. The molecule has 13 atom stereocenters. The van der Waals surface area contributed by atoms with Crippen LogP contribution in [0.3, 0.4) is 0 Å². The van der Waals surface area contributed by atoms with Gasteiger partial charge in [0.1, 0.15) is 18.3 Å². The molecule has 1 aromatic rings. The van der Waals surface area contributed by atoms with Crippen LogP contribution in [-0.4, -0.2) is 74.0 Å². The van der Waals surface area contributed by atoms with E-state index in [1.165, 1.54) is 17.9 Å². The number of rotatable bonds is 3. The Labute approximate surface area is 228 Å². The summed E-state index contributed by atoms with van der Waals surface area (Å²) in [6.45, 7) is 5.90. The highest BCUT2D eigenvalue weighted by molar-refractivity contribution is 5.32. The lowest BCUT2D eigenvalue weighted by Crippen LogP contribution is -2.65. The normalized spacial score (nSPS) is 51.4. The first-order valence-electron chi connectivity index (χ1n) is 14.5. The minimum absolute atomic E-state index is 0.0345. The lowest BCUT2D eigenvalue weighted by molar-refractivity contribution is -0.301. The molecule has 1 aromatic heterocycles. The van der Waals surface area contributed by atoms with Gasteiger partial charge in [-0.1, -0.05) is 25.5 Å². The molecule has 5 aliphatic rings. The zero-order valence-electron chi connectivity index (χ0n) is 22.9. The maximum absolute atomic E-state index is 12.4. The van der Waals surface area contributed by atoms with Crippen LogP contribution in [0.1, 0.15) is 77.2 Å². The number of allylic oxidation sites excluding steroid dienone is 1. The fourth-order valence-electron chi connectivity index (χ4n) is 9.16. The van der Waals surface area contributed by atoms with Crippen molar-refractivity contribution in [3.8, 4) is 0 Å². The van der Waals surface area contributed by atoms with E-state index in [0.717, 1.165) is 31.2 Å². The van der Waals surface area contributed by atoms with Gasteiger partial charge in [0.05, 0.1) is 30.2 Å². The standard InChI is InChI=1S/C30H42O9/c1-15-24(33)25(34)26(35)27(38-15)39-18-8-10-28(2)17(12-18)5-6-20-21(28)13-22(31)29(3)19(9-11-30(20,29)36)16-4-7-23(32)37-14-16/h4,7,12,14-15,18-22,24-27,31,33-36H,5-6,8-11,13H2,1-3H3/t15-,18-,19+,20+,21+,22-,24-,25+,26-,27+,28-,29-,30-/m0/s1. The average Bonchev–Trinajstić information content (AvgIpc) is 3.20. The Morgan fingerprint density at radius 1 is 0.974 bits per heavy atom. The summed E-state index contributed by atoms with van der Waals surface area (Å²) in [6.07, 6.45) is 2.04. The molecule has 1 saturated heterocycles. The van der Waals surface area contributed by atoms with Crippen molar-refractivity contribution in [1.82, 2.24) is 0 Å². The molecular formula is C30H42O9. The quantitative estimate of drug-likeness (QED) is 0.359. The van der Waals surface area contributed by atoms with Gasteiger partial charge in [0, 0.05) is 11.5 Å². The molecule has 9 heteroatoms. The summed E-state index contributed by atoms with van der Waals surface area (Å²) in [7, 11) is 0. The van der Waals surface area contributed by atoms with Crippen molar-refractivity contribution in [2.45, 2.75) is 120 Å². The molecular weight excluding hydrogens is 504 g/mol. The highest BCUT2D eigenvalue weighted by atomic mass is 16.7. The first-order valence-corrected chi connectivity index (χ1v) is 14.5. The van der Waals surface area contributed by atoms with E-state index in [1.54, 1.807) is 13.0 Å². The van der Waals surface area contributed by atoms with Crippen LogP contribution >= 0.6 is 0 Å². The van der Waals surface area contributed by atoms with Crippen LogP contribution in [0.2, 0.25) is 0 Å². The fraction of sp³-hybridized carbons (Fsp3) is 0.767. The molecule has 0 spiro atoms. The Morgan fingerprint density at radius 3 is 2.46 bits per heavy atom. The van der Waals surface area contributed by atoms with Crippen molar-refractivity contribution in [2.75, 3.05) is 0 Å². The second-order valence-electron chi connectivity index (χ2n) is 13.2. The third-order valence-corrected chi connectivity index (χ3v) is 11.6. The van der Waals surface area contributed by atoms with Crippen LogP contribution in [0.5, 0.6) is 0 Å². The smallest absolute Gasteiger partial charge is 0.335 e. The maximum atomic E-state index is 12.4. The number of fused-ring (bicyclic) bond motifs is 5. The first-order chi connectivity index (χ1) is 18.4. The molecule has 1 aliphatic heterocycles. The lowest BCUT2D eigenvalue weighted by atomic mass is 9.44. The van der Waals surface area contributed by atoms with Gasteiger partial charge in [-0.3, -0.25) is 0 Å². The summed E-state index contributed by atoms with van der Waals surface area (Å²) in [5.41, 5.74) is -0.294. The summed E-state index contributed by atoms with van der Waals surface area (Å²) < 4.78 is 16.9. The van der Waals surface area contributed by atoms with E-state index >= 15 is 0 Å². The Hall–Kier alpha value is -1.59. The van der Waals surface area contributed by atoms with Gasteiger partial charge >= 0.3 is 5.63 Å². The van der Waals surface area contributed by atoms with Gasteiger partial charge in [-0.25, -0.2) is 4.79 Å². The molecule has 0 unspecified atom stereocenters. The van der Waals surface area contributed by atoms with Gasteiger partial charge in [-0.2, -0.15) is 0 Å². The molecule has 6 rings (SSSR count). The van der Waals surface area contributed by atoms with Crippen molar-refractivity contribution in [3.63, 3.8) is 0 Å². The molecule has 3 saturated carbocycles. The summed E-state index contributed by atoms with van der Waals surface area (Å²) >= 11 is 0. The molecule has 4 fully saturated rings. The molecule has 2 heterocycles. The summed E-state index contributed by atoms with van der Waals surface area (Å²) in [6, 6.07) is 3.18. The Kier molecular flexibility index (Phi) is 6.70. The highest BCUT2D eigenvalue weighted by Gasteiger charge is 2.70. The van der Waals surface area contributed by atoms with Crippen LogP contribution in [0, 0.1) is 22.7 Å². The largest absolute Gasteiger partial charge is 0.431 e. The van der Waals surface area contributed by atoms with E-state index in [4.69, 9.17) is 13.9 Å². The van der Waals surface area contributed by atoms with Gasteiger partial charge in [0.25, 0.3) is 0 Å². The molecule has 0 amide bonds. The van der Waals surface area contributed by atoms with Crippen molar-refractivity contribution in [3.05, 3.63) is 46.0 Å². The Balaban J connectivity index is 1.24. The molecule has 0 radical (unpaired) electrons. The van der Waals surface area contributed by atoms with Crippen molar-refractivity contribution in [2.24, 2.45) is 22.7 Å². The van der Waals surface area contributed by atoms with E-state index in [2.05, 4.69) is 13.0 Å². The highest BCUT2D eigenvalue weighted by Crippen LogP contribution is 2.70. The number of aliphatic hydroxyl groups excluding tert-OH is 4. The summed E-state index contributed by atoms with van der Waals surface area (Å²) in [5, 5.41) is 54.7. The number of aliphatic hydroxyl groups is 5. The number of ether oxygens (including phenoxy) is 2. The monoisotopic (exact) mass is 546 g/mol. The summed E-state index contributed by atoms with van der Waals surface area (Å²) in [4.78, 5) is 11.6. The average molecular weight is 547 g/mol. The van der Waals surface area contributed by atoms with Crippen molar-refractivity contribution < 1.29 is 39.4 Å². The van der Waals surface area contributed by atoms with Crippen LogP contribution in [0.4, 0.5) is 0 Å². The second kappa shape index (κ2) is 9.48. The second-order valence-corrected chi connectivity index (χ2v) is 13.2. The van der Waals surface area contributed by atoms with Crippen molar-refractivity contribution >= 4 is 0 Å². The van der Waals surface area contributed by atoms with E-state index < -0.39 is 53.5 Å². The van der Waals surface area contributed by atoms with Crippen LogP contribution in [0.15, 0.2) is 39.3 Å². The first kappa shape index (κ1) is 27.6. The van der Waals surface area contributed by atoms with Gasteiger partial charge in [-0.05, 0) is 86.7 Å².